The van der Waals surface area contributed by atoms with Crippen LogP contribution in [0.15, 0.2) is 12.1 Å². The summed E-state index contributed by atoms with van der Waals surface area (Å²) in [6.07, 6.45) is 3.60. The minimum atomic E-state index is -0.163. The third-order valence-electron chi connectivity index (χ3n) is 5.53. The van der Waals surface area contributed by atoms with Gasteiger partial charge < -0.3 is 15.8 Å². The molecule has 2 aliphatic heterocycles. The largest absolute Gasteiger partial charge is 0.496 e. The number of carbonyl (C=O) groups is 1. The molecule has 0 aromatic heterocycles. The number of anilines is 1. The maximum absolute atomic E-state index is 12.5. The summed E-state index contributed by atoms with van der Waals surface area (Å²) < 4.78 is 5.26. The lowest BCUT2D eigenvalue weighted by molar-refractivity contribution is 0.0929. The Kier molecular flexibility index (Phi) is 4.43. The van der Waals surface area contributed by atoms with Gasteiger partial charge in [-0.1, -0.05) is 11.6 Å². The lowest BCUT2D eigenvalue weighted by Gasteiger charge is -2.33. The van der Waals surface area contributed by atoms with Gasteiger partial charge in [-0.2, -0.15) is 0 Å². The fourth-order valence-corrected chi connectivity index (χ4v) is 4.21. The van der Waals surface area contributed by atoms with Gasteiger partial charge in [-0.05, 0) is 51.3 Å². The normalized spacial score (nSPS) is 27.0. The van der Waals surface area contributed by atoms with E-state index in [-0.39, 0.29) is 11.4 Å². The molecule has 0 radical (unpaired) electrons. The number of rotatable bonds is 4. The van der Waals surface area contributed by atoms with Crippen LogP contribution in [0.5, 0.6) is 5.75 Å². The third kappa shape index (κ3) is 2.88. The van der Waals surface area contributed by atoms with Gasteiger partial charge in [0.05, 0.1) is 23.4 Å². The molecule has 0 aliphatic carbocycles. The van der Waals surface area contributed by atoms with E-state index in [0.717, 1.165) is 13.0 Å². The molecule has 0 spiro atoms. The van der Waals surface area contributed by atoms with Crippen LogP contribution in [0.4, 0.5) is 5.69 Å². The molecule has 3 rings (SSSR count). The number of nitrogen functional groups attached to an aromatic ring is 1. The molecule has 5 nitrogen and oxygen atoms in total. The Hall–Kier alpha value is -1.46. The number of methoxy groups -OCH3 is 1. The Morgan fingerprint density at radius 1 is 1.52 bits per heavy atom. The van der Waals surface area contributed by atoms with Crippen LogP contribution >= 0.6 is 11.6 Å². The zero-order valence-corrected chi connectivity index (χ0v) is 14.4. The molecule has 23 heavy (non-hydrogen) atoms. The fourth-order valence-electron chi connectivity index (χ4n) is 4.04. The first kappa shape index (κ1) is 16.4. The molecule has 126 valence electrons. The first-order valence-corrected chi connectivity index (χ1v) is 8.50. The van der Waals surface area contributed by atoms with E-state index in [1.807, 2.05) is 0 Å². The second-order valence-electron chi connectivity index (χ2n) is 6.72. The van der Waals surface area contributed by atoms with Gasteiger partial charge in [-0.3, -0.25) is 9.69 Å². The summed E-state index contributed by atoms with van der Waals surface area (Å²) in [6, 6.07) is 3.16. The van der Waals surface area contributed by atoms with Crippen molar-refractivity contribution in [2.24, 2.45) is 5.92 Å². The minimum Gasteiger partial charge on any atom is -0.496 e. The van der Waals surface area contributed by atoms with Crippen LogP contribution in [0, 0.1) is 5.92 Å². The molecule has 3 N–H and O–H groups in total. The van der Waals surface area contributed by atoms with Gasteiger partial charge in [0.2, 0.25) is 0 Å². The van der Waals surface area contributed by atoms with Gasteiger partial charge in [0.1, 0.15) is 5.75 Å². The van der Waals surface area contributed by atoms with E-state index >= 15 is 0 Å². The van der Waals surface area contributed by atoms with E-state index in [4.69, 9.17) is 22.1 Å². The van der Waals surface area contributed by atoms with Gasteiger partial charge in [0.15, 0.2) is 0 Å². The van der Waals surface area contributed by atoms with Crippen LogP contribution in [0.3, 0.4) is 0 Å². The number of carbonyl (C=O) groups excluding carboxylic acids is 1. The molecular formula is C17H24ClN3O2. The number of nitrogens with zero attached hydrogens (tertiary/aromatic N) is 1. The number of halogens is 1. The summed E-state index contributed by atoms with van der Waals surface area (Å²) in [5.41, 5.74) is 6.83. The van der Waals surface area contributed by atoms with E-state index in [1.54, 1.807) is 12.1 Å². The van der Waals surface area contributed by atoms with Crippen molar-refractivity contribution in [2.75, 3.05) is 32.5 Å². The molecule has 0 bridgehead atoms. The number of amides is 1. The molecule has 0 unspecified atom stereocenters. The Balaban J connectivity index is 1.70. The predicted molar refractivity (Wildman–Crippen MR) is 92.1 cm³/mol. The predicted octanol–water partition coefficient (Wildman–Crippen LogP) is 2.54. The molecule has 1 aromatic carbocycles. The lowest BCUT2D eigenvalue weighted by Crippen LogP contribution is -2.44. The molecule has 0 saturated carbocycles. The maximum Gasteiger partial charge on any atom is 0.255 e. The van der Waals surface area contributed by atoms with Crippen molar-refractivity contribution in [3.05, 3.63) is 22.7 Å². The standard InChI is InChI=1S/C17H24ClN3O2/c1-17-5-3-6-21(17)7-4-11(17)10-20-16(22)12-8-13(18)14(19)9-15(12)23-2/h8-9,11H,3-7,10,19H2,1-2H3,(H,20,22)/t11-,17-/m0/s1. The van der Waals surface area contributed by atoms with Gasteiger partial charge >= 0.3 is 0 Å². The lowest BCUT2D eigenvalue weighted by atomic mass is 9.85. The molecule has 1 aromatic rings. The van der Waals surface area contributed by atoms with Crippen molar-refractivity contribution >= 4 is 23.2 Å². The highest BCUT2D eigenvalue weighted by Gasteiger charge is 2.47. The van der Waals surface area contributed by atoms with Crippen molar-refractivity contribution in [1.29, 1.82) is 0 Å². The fraction of sp³-hybridized carbons (Fsp3) is 0.588. The highest BCUT2D eigenvalue weighted by Crippen LogP contribution is 2.42. The number of hydrogen-bond acceptors (Lipinski definition) is 4. The van der Waals surface area contributed by atoms with Gasteiger partial charge in [0, 0.05) is 18.2 Å². The van der Waals surface area contributed by atoms with E-state index in [2.05, 4.69) is 17.1 Å². The number of fused-ring (bicyclic) bond motifs is 1. The van der Waals surface area contributed by atoms with Crippen LogP contribution in [-0.2, 0) is 0 Å². The molecule has 2 saturated heterocycles. The Bertz CT molecular complexity index is 622. The SMILES string of the molecule is COc1cc(N)c(Cl)cc1C(=O)NC[C@@H]1CCN2CCC[C@@]12C. The Morgan fingerprint density at radius 3 is 3.04 bits per heavy atom. The molecule has 2 atom stereocenters. The first-order chi connectivity index (χ1) is 11.0. The summed E-state index contributed by atoms with van der Waals surface area (Å²) in [4.78, 5) is 15.1. The van der Waals surface area contributed by atoms with Crippen molar-refractivity contribution in [1.82, 2.24) is 10.2 Å². The number of hydrogen-bond donors (Lipinski definition) is 2. The highest BCUT2D eigenvalue weighted by molar-refractivity contribution is 6.33. The van der Waals surface area contributed by atoms with Gasteiger partial charge in [0.25, 0.3) is 5.91 Å². The molecule has 1 amide bonds. The zero-order chi connectivity index (χ0) is 16.6. The van der Waals surface area contributed by atoms with Crippen LogP contribution in [0.2, 0.25) is 5.02 Å². The van der Waals surface area contributed by atoms with Crippen LogP contribution in [0.1, 0.15) is 36.5 Å². The van der Waals surface area contributed by atoms with Gasteiger partial charge in [-0.15, -0.1) is 0 Å². The highest BCUT2D eigenvalue weighted by atomic mass is 35.5. The van der Waals surface area contributed by atoms with E-state index in [0.29, 0.717) is 34.5 Å². The van der Waals surface area contributed by atoms with Crippen LogP contribution in [0.25, 0.3) is 0 Å². The Morgan fingerprint density at radius 2 is 2.30 bits per heavy atom. The molecule has 2 fully saturated rings. The summed E-state index contributed by atoms with van der Waals surface area (Å²) >= 11 is 6.04. The second-order valence-corrected chi connectivity index (χ2v) is 7.12. The van der Waals surface area contributed by atoms with E-state index in [9.17, 15) is 4.79 Å². The van der Waals surface area contributed by atoms with Gasteiger partial charge in [-0.25, -0.2) is 0 Å². The van der Waals surface area contributed by atoms with E-state index < -0.39 is 0 Å². The maximum atomic E-state index is 12.5. The number of benzene rings is 1. The zero-order valence-electron chi connectivity index (χ0n) is 13.7. The first-order valence-electron chi connectivity index (χ1n) is 8.12. The molecular weight excluding hydrogens is 314 g/mol. The molecule has 2 aliphatic rings. The number of nitrogens with two attached hydrogens (primary N) is 1. The van der Waals surface area contributed by atoms with Crippen molar-refractivity contribution in [2.45, 2.75) is 31.7 Å². The quantitative estimate of drug-likeness (QED) is 0.828. The molecule has 2 heterocycles. The van der Waals surface area contributed by atoms with Crippen LogP contribution < -0.4 is 15.8 Å². The van der Waals surface area contributed by atoms with Crippen LogP contribution in [-0.4, -0.2) is 43.1 Å². The van der Waals surface area contributed by atoms with Crippen molar-refractivity contribution in [3.63, 3.8) is 0 Å². The average Bonchev–Trinajstić information content (AvgIpc) is 3.04. The monoisotopic (exact) mass is 337 g/mol. The smallest absolute Gasteiger partial charge is 0.255 e. The topological polar surface area (TPSA) is 67.6 Å². The average molecular weight is 338 g/mol. The number of nitrogens with one attached hydrogen (secondary N) is 1. The second kappa shape index (κ2) is 6.21. The summed E-state index contributed by atoms with van der Waals surface area (Å²) in [6.45, 7) is 5.32. The molecule has 6 heteroatoms. The summed E-state index contributed by atoms with van der Waals surface area (Å²) in [5, 5.41) is 3.42. The number of ether oxygens (including phenoxy) is 1. The third-order valence-corrected chi connectivity index (χ3v) is 5.86. The summed E-state index contributed by atoms with van der Waals surface area (Å²) in [7, 11) is 1.52. The minimum absolute atomic E-state index is 0.163. The Labute approximate surface area is 142 Å². The van der Waals surface area contributed by atoms with E-state index in [1.165, 1.54) is 26.5 Å². The summed E-state index contributed by atoms with van der Waals surface area (Å²) in [5.74, 6) is 0.775. The van der Waals surface area contributed by atoms with Crippen molar-refractivity contribution in [3.8, 4) is 5.75 Å². The van der Waals surface area contributed by atoms with Crippen molar-refractivity contribution < 1.29 is 9.53 Å².